The summed E-state index contributed by atoms with van der Waals surface area (Å²) in [6, 6.07) is 4.14. The SMILES string of the molecule is CCNCCCCCCN(C)Cc1cccnc1. The van der Waals surface area contributed by atoms with Gasteiger partial charge in [0.25, 0.3) is 0 Å². The average molecular weight is 249 g/mol. The van der Waals surface area contributed by atoms with Gasteiger partial charge in [-0.2, -0.15) is 0 Å². The van der Waals surface area contributed by atoms with Crippen molar-refractivity contribution in [1.82, 2.24) is 15.2 Å². The molecule has 0 saturated carbocycles. The maximum atomic E-state index is 4.14. The third kappa shape index (κ3) is 7.41. The molecular weight excluding hydrogens is 222 g/mol. The smallest absolute Gasteiger partial charge is 0.0312 e. The molecule has 1 aromatic rings. The van der Waals surface area contributed by atoms with E-state index >= 15 is 0 Å². The van der Waals surface area contributed by atoms with Gasteiger partial charge in [0, 0.05) is 18.9 Å². The summed E-state index contributed by atoms with van der Waals surface area (Å²) >= 11 is 0. The molecule has 102 valence electrons. The van der Waals surface area contributed by atoms with Gasteiger partial charge in [-0.15, -0.1) is 0 Å². The van der Waals surface area contributed by atoms with E-state index in [9.17, 15) is 0 Å². The largest absolute Gasteiger partial charge is 0.317 e. The molecule has 0 fully saturated rings. The molecule has 3 heteroatoms. The summed E-state index contributed by atoms with van der Waals surface area (Å²) in [7, 11) is 2.19. The number of unbranched alkanes of at least 4 members (excludes halogenated alkanes) is 3. The molecule has 0 aromatic carbocycles. The van der Waals surface area contributed by atoms with E-state index in [1.165, 1.54) is 44.3 Å². The Labute approximate surface area is 112 Å². The van der Waals surface area contributed by atoms with Crippen molar-refractivity contribution in [3.8, 4) is 0 Å². The summed E-state index contributed by atoms with van der Waals surface area (Å²) in [6.07, 6.45) is 9.06. The molecular formula is C15H27N3. The minimum atomic E-state index is 1.01. The van der Waals surface area contributed by atoms with Crippen LogP contribution in [0.4, 0.5) is 0 Å². The minimum Gasteiger partial charge on any atom is -0.317 e. The molecule has 1 aromatic heterocycles. The van der Waals surface area contributed by atoms with E-state index in [4.69, 9.17) is 0 Å². The van der Waals surface area contributed by atoms with Crippen molar-refractivity contribution in [2.45, 2.75) is 39.2 Å². The molecule has 18 heavy (non-hydrogen) atoms. The predicted octanol–water partition coefficient (Wildman–Crippen LogP) is 2.68. The molecule has 0 bridgehead atoms. The lowest BCUT2D eigenvalue weighted by atomic mass is 10.2. The molecule has 0 spiro atoms. The van der Waals surface area contributed by atoms with Crippen LogP contribution in [0.25, 0.3) is 0 Å². The molecule has 0 aliphatic heterocycles. The van der Waals surface area contributed by atoms with Crippen LogP contribution in [0.3, 0.4) is 0 Å². The number of aromatic nitrogens is 1. The Morgan fingerprint density at radius 1 is 1.22 bits per heavy atom. The lowest BCUT2D eigenvalue weighted by Gasteiger charge is -2.16. The first-order valence-electron chi connectivity index (χ1n) is 7.11. The highest BCUT2D eigenvalue weighted by Gasteiger charge is 1.99. The summed E-state index contributed by atoms with van der Waals surface area (Å²) in [5.41, 5.74) is 1.30. The van der Waals surface area contributed by atoms with Crippen molar-refractivity contribution in [2.75, 3.05) is 26.7 Å². The Morgan fingerprint density at radius 2 is 2.06 bits per heavy atom. The molecule has 0 saturated heterocycles. The predicted molar refractivity (Wildman–Crippen MR) is 77.6 cm³/mol. The van der Waals surface area contributed by atoms with Gasteiger partial charge >= 0.3 is 0 Å². The number of hydrogen-bond acceptors (Lipinski definition) is 3. The van der Waals surface area contributed by atoms with Crippen molar-refractivity contribution in [3.05, 3.63) is 30.1 Å². The summed E-state index contributed by atoms with van der Waals surface area (Å²) < 4.78 is 0. The molecule has 1 rings (SSSR count). The van der Waals surface area contributed by atoms with Crippen molar-refractivity contribution in [3.63, 3.8) is 0 Å². The normalized spacial score (nSPS) is 11.1. The number of nitrogens with zero attached hydrogens (tertiary/aromatic N) is 2. The first-order chi connectivity index (χ1) is 8.83. The van der Waals surface area contributed by atoms with Crippen molar-refractivity contribution in [1.29, 1.82) is 0 Å². The van der Waals surface area contributed by atoms with Crippen molar-refractivity contribution < 1.29 is 0 Å². The molecule has 0 atom stereocenters. The fourth-order valence-electron chi connectivity index (χ4n) is 2.04. The second-order valence-corrected chi connectivity index (χ2v) is 4.87. The van der Waals surface area contributed by atoms with Crippen LogP contribution in [0.2, 0.25) is 0 Å². The van der Waals surface area contributed by atoms with E-state index in [0.29, 0.717) is 0 Å². The number of hydrogen-bond donors (Lipinski definition) is 1. The summed E-state index contributed by atoms with van der Waals surface area (Å²) in [5, 5.41) is 3.36. The van der Waals surface area contributed by atoms with Crippen LogP contribution >= 0.6 is 0 Å². The first-order valence-corrected chi connectivity index (χ1v) is 7.11. The zero-order valence-corrected chi connectivity index (χ0v) is 11.9. The van der Waals surface area contributed by atoms with Crippen LogP contribution < -0.4 is 5.32 Å². The van der Waals surface area contributed by atoms with Crippen LogP contribution in [-0.4, -0.2) is 36.6 Å². The molecule has 1 heterocycles. The van der Waals surface area contributed by atoms with Gasteiger partial charge in [-0.3, -0.25) is 4.98 Å². The maximum Gasteiger partial charge on any atom is 0.0312 e. The van der Waals surface area contributed by atoms with Gasteiger partial charge < -0.3 is 10.2 Å². The van der Waals surface area contributed by atoms with Gasteiger partial charge in [0.05, 0.1) is 0 Å². The van der Waals surface area contributed by atoms with Crippen LogP contribution in [-0.2, 0) is 6.54 Å². The Hall–Kier alpha value is -0.930. The van der Waals surface area contributed by atoms with E-state index in [1.807, 2.05) is 18.5 Å². The second kappa shape index (κ2) is 10.0. The summed E-state index contributed by atoms with van der Waals surface area (Å²) in [4.78, 5) is 6.52. The van der Waals surface area contributed by atoms with Gasteiger partial charge in [0.1, 0.15) is 0 Å². The zero-order chi connectivity index (χ0) is 13.1. The first kappa shape index (κ1) is 15.1. The van der Waals surface area contributed by atoms with E-state index < -0.39 is 0 Å². The highest BCUT2D eigenvalue weighted by atomic mass is 15.1. The number of pyridine rings is 1. The Bertz CT molecular complexity index is 287. The van der Waals surface area contributed by atoms with Gasteiger partial charge in [0.2, 0.25) is 0 Å². The zero-order valence-electron chi connectivity index (χ0n) is 11.9. The van der Waals surface area contributed by atoms with E-state index in [0.717, 1.165) is 13.1 Å². The molecule has 0 radical (unpaired) electrons. The third-order valence-electron chi connectivity index (χ3n) is 3.07. The molecule has 0 unspecified atom stereocenters. The minimum absolute atomic E-state index is 1.01. The molecule has 3 nitrogen and oxygen atoms in total. The maximum absolute atomic E-state index is 4.14. The monoisotopic (exact) mass is 249 g/mol. The van der Waals surface area contributed by atoms with Crippen LogP contribution in [0, 0.1) is 0 Å². The molecule has 0 amide bonds. The molecule has 0 aliphatic carbocycles. The van der Waals surface area contributed by atoms with Crippen LogP contribution in [0.5, 0.6) is 0 Å². The van der Waals surface area contributed by atoms with Crippen LogP contribution in [0.1, 0.15) is 38.2 Å². The molecule has 0 aliphatic rings. The van der Waals surface area contributed by atoms with E-state index in [-0.39, 0.29) is 0 Å². The Kier molecular flexibility index (Phi) is 8.43. The highest BCUT2D eigenvalue weighted by Crippen LogP contribution is 2.04. The summed E-state index contributed by atoms with van der Waals surface area (Å²) in [6.45, 7) is 6.60. The quantitative estimate of drug-likeness (QED) is 0.646. The molecule has 1 N–H and O–H groups in total. The average Bonchev–Trinajstić information content (AvgIpc) is 2.39. The Balaban J connectivity index is 1.99. The van der Waals surface area contributed by atoms with E-state index in [2.05, 4.69) is 35.2 Å². The number of rotatable bonds is 10. The van der Waals surface area contributed by atoms with Crippen molar-refractivity contribution >= 4 is 0 Å². The van der Waals surface area contributed by atoms with Gasteiger partial charge in [-0.25, -0.2) is 0 Å². The summed E-state index contributed by atoms with van der Waals surface area (Å²) in [5.74, 6) is 0. The van der Waals surface area contributed by atoms with Gasteiger partial charge in [-0.05, 0) is 51.2 Å². The van der Waals surface area contributed by atoms with Gasteiger partial charge in [0.15, 0.2) is 0 Å². The fraction of sp³-hybridized carbons (Fsp3) is 0.667. The lowest BCUT2D eigenvalue weighted by molar-refractivity contribution is 0.316. The second-order valence-electron chi connectivity index (χ2n) is 4.87. The Morgan fingerprint density at radius 3 is 2.78 bits per heavy atom. The lowest BCUT2D eigenvalue weighted by Crippen LogP contribution is -2.19. The van der Waals surface area contributed by atoms with E-state index in [1.54, 1.807) is 0 Å². The standard InChI is InChI=1S/C15H27N3/c1-3-16-10-6-4-5-7-12-18(2)14-15-9-8-11-17-13-15/h8-9,11,13,16H,3-7,10,12,14H2,1-2H3. The van der Waals surface area contributed by atoms with Gasteiger partial charge in [-0.1, -0.05) is 25.8 Å². The highest BCUT2D eigenvalue weighted by molar-refractivity contribution is 5.07. The fourth-order valence-corrected chi connectivity index (χ4v) is 2.04. The number of nitrogens with one attached hydrogen (secondary N) is 1. The topological polar surface area (TPSA) is 28.2 Å². The third-order valence-corrected chi connectivity index (χ3v) is 3.07. The van der Waals surface area contributed by atoms with Crippen LogP contribution in [0.15, 0.2) is 24.5 Å². The van der Waals surface area contributed by atoms with Crippen molar-refractivity contribution in [2.24, 2.45) is 0 Å².